The minimum atomic E-state index is -0.0778. The molecule has 0 spiro atoms. The number of nitrogens with one attached hydrogen (secondary N) is 1. The van der Waals surface area contributed by atoms with Crippen molar-refractivity contribution in [1.29, 1.82) is 0 Å². The van der Waals surface area contributed by atoms with Crippen LogP contribution in [-0.2, 0) is 24.2 Å². The maximum Gasteiger partial charge on any atom is 0.263 e. The van der Waals surface area contributed by atoms with E-state index in [0.717, 1.165) is 35.0 Å². The maximum absolute atomic E-state index is 13.2. The van der Waals surface area contributed by atoms with E-state index in [1.54, 1.807) is 22.0 Å². The van der Waals surface area contributed by atoms with Crippen LogP contribution in [-0.4, -0.2) is 46.8 Å². The lowest BCUT2D eigenvalue weighted by Crippen LogP contribution is -2.35. The van der Waals surface area contributed by atoms with Crippen molar-refractivity contribution >= 4 is 39.2 Å². The molecule has 1 N–H and O–H groups in total. The van der Waals surface area contributed by atoms with Crippen LogP contribution < -0.4 is 10.9 Å². The summed E-state index contributed by atoms with van der Waals surface area (Å²) in [6, 6.07) is 10.2. The van der Waals surface area contributed by atoms with E-state index < -0.39 is 0 Å². The van der Waals surface area contributed by atoms with Gasteiger partial charge in [0, 0.05) is 18.0 Å². The summed E-state index contributed by atoms with van der Waals surface area (Å²) in [6.45, 7) is 4.69. The number of rotatable bonds is 9. The number of carbonyl (C=O) groups excluding carboxylic acids is 1. The van der Waals surface area contributed by atoms with E-state index in [0.29, 0.717) is 18.2 Å². The molecule has 1 amide bonds. The van der Waals surface area contributed by atoms with E-state index in [4.69, 9.17) is 4.98 Å². The number of thioether (sulfide) groups is 1. The SMILES string of the molecule is C=CCn1c(SCC(=O)NCC(c2ccccc2)N(C)C)nc2sc3c(c2c1=O)CCC3. The Morgan fingerprint density at radius 3 is 2.84 bits per heavy atom. The minimum absolute atomic E-state index is 0.0195. The smallest absolute Gasteiger partial charge is 0.263 e. The summed E-state index contributed by atoms with van der Waals surface area (Å²) in [5, 5.41) is 4.37. The van der Waals surface area contributed by atoms with Gasteiger partial charge in [-0.2, -0.15) is 0 Å². The average molecular weight is 469 g/mol. The minimum Gasteiger partial charge on any atom is -0.353 e. The van der Waals surface area contributed by atoms with E-state index >= 15 is 0 Å². The van der Waals surface area contributed by atoms with Gasteiger partial charge < -0.3 is 10.2 Å². The zero-order valence-corrected chi connectivity index (χ0v) is 20.1. The molecule has 4 rings (SSSR count). The third-order valence-electron chi connectivity index (χ3n) is 5.73. The Morgan fingerprint density at radius 1 is 1.34 bits per heavy atom. The third-order valence-corrected chi connectivity index (χ3v) is 7.90. The van der Waals surface area contributed by atoms with Gasteiger partial charge >= 0.3 is 0 Å². The van der Waals surface area contributed by atoms with Crippen LogP contribution >= 0.6 is 23.1 Å². The number of aryl methyl sites for hydroxylation is 2. The second-order valence-electron chi connectivity index (χ2n) is 8.12. The van der Waals surface area contributed by atoms with E-state index in [2.05, 4.69) is 28.9 Å². The first-order valence-corrected chi connectivity index (χ1v) is 12.6. The summed E-state index contributed by atoms with van der Waals surface area (Å²) < 4.78 is 1.64. The number of hydrogen-bond acceptors (Lipinski definition) is 6. The molecule has 1 unspecified atom stereocenters. The molecule has 0 saturated heterocycles. The van der Waals surface area contributed by atoms with Gasteiger partial charge in [-0.25, -0.2) is 4.98 Å². The third kappa shape index (κ3) is 4.67. The van der Waals surface area contributed by atoms with E-state index in [1.807, 2.05) is 32.3 Å². The molecule has 0 bridgehead atoms. The Kier molecular flexibility index (Phi) is 7.13. The van der Waals surface area contributed by atoms with Gasteiger partial charge in [0.15, 0.2) is 5.16 Å². The molecule has 0 radical (unpaired) electrons. The lowest BCUT2D eigenvalue weighted by Gasteiger charge is -2.25. The molecule has 32 heavy (non-hydrogen) atoms. The molecule has 2 aromatic heterocycles. The number of nitrogens with zero attached hydrogens (tertiary/aromatic N) is 3. The van der Waals surface area contributed by atoms with Gasteiger partial charge in [-0.1, -0.05) is 48.2 Å². The lowest BCUT2D eigenvalue weighted by atomic mass is 10.1. The first-order chi connectivity index (χ1) is 15.5. The van der Waals surface area contributed by atoms with Gasteiger partial charge in [0.25, 0.3) is 5.56 Å². The Morgan fingerprint density at radius 2 is 2.12 bits per heavy atom. The number of allylic oxidation sites excluding steroid dienone is 1. The van der Waals surface area contributed by atoms with Gasteiger partial charge in [0.1, 0.15) is 4.83 Å². The fourth-order valence-corrected chi connectivity index (χ4v) is 6.26. The molecule has 1 aliphatic rings. The number of hydrogen-bond donors (Lipinski definition) is 1. The van der Waals surface area contributed by atoms with Crippen molar-refractivity contribution in [2.45, 2.75) is 37.0 Å². The summed E-state index contributed by atoms with van der Waals surface area (Å²) in [6.07, 6.45) is 4.78. The molecular weight excluding hydrogens is 440 g/mol. The zero-order valence-electron chi connectivity index (χ0n) is 18.5. The Bertz CT molecular complexity index is 1180. The van der Waals surface area contributed by atoms with E-state index in [-0.39, 0.29) is 23.3 Å². The highest BCUT2D eigenvalue weighted by molar-refractivity contribution is 7.99. The second kappa shape index (κ2) is 10.0. The van der Waals surface area contributed by atoms with Gasteiger partial charge in [-0.15, -0.1) is 17.9 Å². The Balaban J connectivity index is 1.47. The molecule has 168 valence electrons. The maximum atomic E-state index is 13.2. The summed E-state index contributed by atoms with van der Waals surface area (Å²) in [5.41, 5.74) is 2.31. The molecule has 0 saturated carbocycles. The first kappa shape index (κ1) is 22.8. The Labute approximate surface area is 196 Å². The predicted octanol–water partition coefficient (Wildman–Crippen LogP) is 3.64. The van der Waals surface area contributed by atoms with Crippen molar-refractivity contribution in [2.24, 2.45) is 0 Å². The van der Waals surface area contributed by atoms with Crippen molar-refractivity contribution in [1.82, 2.24) is 19.8 Å². The van der Waals surface area contributed by atoms with Gasteiger partial charge in [0.05, 0.1) is 17.2 Å². The molecular formula is C24H28N4O2S2. The predicted molar refractivity (Wildman–Crippen MR) is 133 cm³/mol. The number of amides is 1. The average Bonchev–Trinajstić information content (AvgIpc) is 3.36. The van der Waals surface area contributed by atoms with Gasteiger partial charge in [-0.3, -0.25) is 14.2 Å². The number of carbonyl (C=O) groups is 1. The van der Waals surface area contributed by atoms with Gasteiger partial charge in [-0.05, 0) is 44.5 Å². The molecule has 0 aliphatic heterocycles. The van der Waals surface area contributed by atoms with Crippen molar-refractivity contribution in [3.8, 4) is 0 Å². The summed E-state index contributed by atoms with van der Waals surface area (Å²) in [5.74, 6) is 0.126. The lowest BCUT2D eigenvalue weighted by molar-refractivity contribution is -0.118. The van der Waals surface area contributed by atoms with Crippen molar-refractivity contribution < 1.29 is 4.79 Å². The summed E-state index contributed by atoms with van der Waals surface area (Å²) in [7, 11) is 4.01. The van der Waals surface area contributed by atoms with Crippen LogP contribution in [0.1, 0.15) is 28.5 Å². The normalized spacial score (nSPS) is 14.0. The van der Waals surface area contributed by atoms with Crippen LogP contribution in [0.5, 0.6) is 0 Å². The van der Waals surface area contributed by atoms with Gasteiger partial charge in [0.2, 0.25) is 5.91 Å². The van der Waals surface area contributed by atoms with Crippen molar-refractivity contribution in [3.05, 3.63) is 69.3 Å². The number of thiophene rings is 1. The van der Waals surface area contributed by atoms with Crippen LogP contribution in [0.3, 0.4) is 0 Å². The fourth-order valence-electron chi connectivity index (χ4n) is 4.12. The molecule has 0 fully saturated rings. The number of likely N-dealkylation sites (N-methyl/N-ethyl adjacent to an activating group) is 1. The first-order valence-electron chi connectivity index (χ1n) is 10.8. The summed E-state index contributed by atoms with van der Waals surface area (Å²) in [4.78, 5) is 34.8. The monoisotopic (exact) mass is 468 g/mol. The molecule has 6 nitrogen and oxygen atoms in total. The number of aromatic nitrogens is 2. The van der Waals surface area contributed by atoms with Crippen LogP contribution in [0.4, 0.5) is 0 Å². The van der Waals surface area contributed by atoms with Crippen LogP contribution in [0, 0.1) is 0 Å². The number of benzene rings is 1. The molecule has 1 aliphatic carbocycles. The van der Waals surface area contributed by atoms with Crippen molar-refractivity contribution in [3.63, 3.8) is 0 Å². The standard InChI is InChI=1S/C24H28N4O2S2/c1-4-13-28-23(30)21-17-11-8-12-19(17)32-22(21)26-24(28)31-15-20(29)25-14-18(27(2)3)16-9-6-5-7-10-16/h4-7,9-10,18H,1,8,11-15H2,2-3H3,(H,25,29). The molecule has 3 aromatic rings. The zero-order chi connectivity index (χ0) is 22.7. The second-order valence-corrected chi connectivity index (χ2v) is 10.1. The van der Waals surface area contributed by atoms with Crippen LogP contribution in [0.15, 0.2) is 52.9 Å². The molecule has 1 atom stereocenters. The Hall–Kier alpha value is -2.42. The molecule has 2 heterocycles. The van der Waals surface area contributed by atoms with E-state index in [1.165, 1.54) is 22.2 Å². The highest BCUT2D eigenvalue weighted by atomic mass is 32.2. The quantitative estimate of drug-likeness (QED) is 0.295. The topological polar surface area (TPSA) is 67.2 Å². The van der Waals surface area contributed by atoms with E-state index in [9.17, 15) is 9.59 Å². The summed E-state index contributed by atoms with van der Waals surface area (Å²) >= 11 is 2.93. The highest BCUT2D eigenvalue weighted by Gasteiger charge is 2.23. The molecule has 1 aromatic carbocycles. The van der Waals surface area contributed by atoms with Crippen LogP contribution in [0.25, 0.3) is 10.2 Å². The largest absolute Gasteiger partial charge is 0.353 e. The molecule has 8 heteroatoms. The highest BCUT2D eigenvalue weighted by Crippen LogP contribution is 2.35. The van der Waals surface area contributed by atoms with Crippen LogP contribution in [0.2, 0.25) is 0 Å². The fraction of sp³-hybridized carbons (Fsp3) is 0.375. The number of fused-ring (bicyclic) bond motifs is 3. The van der Waals surface area contributed by atoms with Crippen molar-refractivity contribution in [2.75, 3.05) is 26.4 Å².